The third kappa shape index (κ3) is 5.14. The molecule has 112 valence electrons. The van der Waals surface area contributed by atoms with Gasteiger partial charge in [0.2, 0.25) is 0 Å². The van der Waals surface area contributed by atoms with Crippen molar-refractivity contribution >= 4 is 0 Å². The molecular formula is C17H28N2O. The summed E-state index contributed by atoms with van der Waals surface area (Å²) < 4.78 is 5.25. The van der Waals surface area contributed by atoms with Gasteiger partial charge < -0.3 is 15.0 Å². The highest BCUT2D eigenvalue weighted by atomic mass is 16.5. The molecule has 20 heavy (non-hydrogen) atoms. The Balaban J connectivity index is 1.66. The van der Waals surface area contributed by atoms with Crippen LogP contribution in [0.5, 0.6) is 5.75 Å². The molecule has 0 amide bonds. The molecule has 3 heteroatoms. The highest BCUT2D eigenvalue weighted by molar-refractivity contribution is 5.28. The number of benzene rings is 1. The van der Waals surface area contributed by atoms with E-state index in [0.717, 1.165) is 18.8 Å². The van der Waals surface area contributed by atoms with Crippen molar-refractivity contribution in [2.45, 2.75) is 32.7 Å². The Hall–Kier alpha value is -1.06. The van der Waals surface area contributed by atoms with Crippen molar-refractivity contribution in [1.29, 1.82) is 0 Å². The van der Waals surface area contributed by atoms with Gasteiger partial charge in [0.15, 0.2) is 0 Å². The molecule has 0 bridgehead atoms. The van der Waals surface area contributed by atoms with Crippen molar-refractivity contribution in [2.75, 3.05) is 33.3 Å². The van der Waals surface area contributed by atoms with Gasteiger partial charge in [-0.3, -0.25) is 0 Å². The Bertz CT molecular complexity index is 388. The van der Waals surface area contributed by atoms with Crippen LogP contribution in [0.2, 0.25) is 0 Å². The van der Waals surface area contributed by atoms with Crippen molar-refractivity contribution in [1.82, 2.24) is 10.2 Å². The average molecular weight is 276 g/mol. The van der Waals surface area contributed by atoms with Crippen LogP contribution in [-0.2, 0) is 6.54 Å². The number of methoxy groups -OCH3 is 1. The molecule has 0 spiro atoms. The van der Waals surface area contributed by atoms with Crippen molar-refractivity contribution in [3.05, 3.63) is 29.8 Å². The van der Waals surface area contributed by atoms with Gasteiger partial charge in [0.25, 0.3) is 0 Å². The topological polar surface area (TPSA) is 24.5 Å². The number of nitrogens with one attached hydrogen (secondary N) is 1. The number of rotatable bonds is 7. The lowest BCUT2D eigenvalue weighted by atomic mass is 10.1. The molecule has 1 saturated heterocycles. The quantitative estimate of drug-likeness (QED) is 0.829. The Morgan fingerprint density at radius 2 is 2.05 bits per heavy atom. The molecule has 0 aliphatic carbocycles. The molecule has 0 radical (unpaired) electrons. The molecular weight excluding hydrogens is 248 g/mol. The minimum Gasteiger partial charge on any atom is -0.497 e. The first-order valence-electron chi connectivity index (χ1n) is 7.84. The molecule has 2 rings (SSSR count). The molecule has 1 atom stereocenters. The van der Waals surface area contributed by atoms with Crippen molar-refractivity contribution in [2.24, 2.45) is 5.92 Å². The number of ether oxygens (including phenoxy) is 1. The summed E-state index contributed by atoms with van der Waals surface area (Å²) in [6.45, 7) is 8.15. The van der Waals surface area contributed by atoms with Crippen LogP contribution in [0.15, 0.2) is 24.3 Å². The lowest BCUT2D eigenvalue weighted by molar-refractivity contribution is 0.199. The Labute approximate surface area is 123 Å². The fourth-order valence-electron chi connectivity index (χ4n) is 2.89. The molecule has 0 saturated carbocycles. The Morgan fingerprint density at radius 1 is 1.25 bits per heavy atom. The summed E-state index contributed by atoms with van der Waals surface area (Å²) in [5.74, 6) is 1.64. The molecule has 3 nitrogen and oxygen atoms in total. The van der Waals surface area contributed by atoms with Gasteiger partial charge in [-0.2, -0.15) is 0 Å². The second-order valence-electron chi connectivity index (χ2n) is 5.95. The largest absolute Gasteiger partial charge is 0.497 e. The zero-order valence-corrected chi connectivity index (χ0v) is 12.9. The van der Waals surface area contributed by atoms with Gasteiger partial charge in [-0.15, -0.1) is 0 Å². The van der Waals surface area contributed by atoms with Crippen LogP contribution in [0.3, 0.4) is 0 Å². The van der Waals surface area contributed by atoms with E-state index >= 15 is 0 Å². The first-order valence-corrected chi connectivity index (χ1v) is 7.84. The number of piperidine rings is 1. The molecule has 1 fully saturated rings. The molecule has 1 aromatic rings. The zero-order valence-electron chi connectivity index (χ0n) is 12.9. The van der Waals surface area contributed by atoms with Crippen LogP contribution in [0.25, 0.3) is 0 Å². The van der Waals surface area contributed by atoms with Gasteiger partial charge in [-0.25, -0.2) is 0 Å². The summed E-state index contributed by atoms with van der Waals surface area (Å²) in [6, 6.07) is 8.28. The highest BCUT2D eigenvalue weighted by Crippen LogP contribution is 2.13. The van der Waals surface area contributed by atoms with Crippen LogP contribution in [0, 0.1) is 5.92 Å². The molecule has 1 aromatic carbocycles. The molecule has 1 aliphatic heterocycles. The molecule has 1 aliphatic rings. The predicted molar refractivity (Wildman–Crippen MR) is 84.2 cm³/mol. The van der Waals surface area contributed by atoms with E-state index in [1.165, 1.54) is 44.5 Å². The lowest BCUT2D eigenvalue weighted by Crippen LogP contribution is -2.36. The number of nitrogens with zero attached hydrogens (tertiary/aromatic N) is 1. The standard InChI is InChI=1S/C17H28N2O/c1-15(14-19-9-4-3-5-10-19)12-18-13-16-7-6-8-17(11-16)20-2/h6-8,11,15,18H,3-5,9-10,12-14H2,1-2H3. The van der Waals surface area contributed by atoms with Gasteiger partial charge >= 0.3 is 0 Å². The SMILES string of the molecule is COc1cccc(CNCC(C)CN2CCCCC2)c1. The summed E-state index contributed by atoms with van der Waals surface area (Å²) in [5, 5.41) is 3.56. The first-order chi connectivity index (χ1) is 9.78. The molecule has 1 heterocycles. The van der Waals surface area contributed by atoms with E-state index in [1.54, 1.807) is 7.11 Å². The van der Waals surface area contributed by atoms with E-state index in [1.807, 2.05) is 12.1 Å². The first kappa shape index (κ1) is 15.3. The van der Waals surface area contributed by atoms with E-state index in [9.17, 15) is 0 Å². The second kappa shape index (κ2) is 8.28. The van der Waals surface area contributed by atoms with Crippen LogP contribution < -0.4 is 10.1 Å². The minimum absolute atomic E-state index is 0.707. The Morgan fingerprint density at radius 3 is 2.80 bits per heavy atom. The van der Waals surface area contributed by atoms with Crippen molar-refractivity contribution in [3.63, 3.8) is 0 Å². The summed E-state index contributed by atoms with van der Waals surface area (Å²) in [4.78, 5) is 2.61. The second-order valence-corrected chi connectivity index (χ2v) is 5.95. The maximum absolute atomic E-state index is 5.25. The van der Waals surface area contributed by atoms with Crippen molar-refractivity contribution < 1.29 is 4.74 Å². The summed E-state index contributed by atoms with van der Waals surface area (Å²) in [6.07, 6.45) is 4.17. The van der Waals surface area contributed by atoms with Gasteiger partial charge in [0, 0.05) is 13.1 Å². The number of hydrogen-bond acceptors (Lipinski definition) is 3. The van der Waals surface area contributed by atoms with Gasteiger partial charge in [-0.05, 0) is 56.1 Å². The van der Waals surface area contributed by atoms with Gasteiger partial charge in [0.05, 0.1) is 7.11 Å². The third-order valence-corrected chi connectivity index (χ3v) is 3.97. The van der Waals surface area contributed by atoms with E-state index in [4.69, 9.17) is 4.74 Å². The average Bonchev–Trinajstić information content (AvgIpc) is 2.48. The van der Waals surface area contributed by atoms with Crippen molar-refractivity contribution in [3.8, 4) is 5.75 Å². The fourth-order valence-corrected chi connectivity index (χ4v) is 2.89. The third-order valence-electron chi connectivity index (χ3n) is 3.97. The van der Waals surface area contributed by atoms with Crippen LogP contribution in [-0.4, -0.2) is 38.2 Å². The smallest absolute Gasteiger partial charge is 0.119 e. The summed E-state index contributed by atoms with van der Waals surface area (Å²) >= 11 is 0. The Kier molecular flexibility index (Phi) is 6.34. The van der Waals surface area contributed by atoms with Gasteiger partial charge in [-0.1, -0.05) is 25.5 Å². The maximum atomic E-state index is 5.25. The van der Waals surface area contributed by atoms with E-state index in [0.29, 0.717) is 5.92 Å². The van der Waals surface area contributed by atoms with E-state index < -0.39 is 0 Å². The minimum atomic E-state index is 0.707. The van der Waals surface area contributed by atoms with E-state index in [2.05, 4.69) is 29.3 Å². The highest BCUT2D eigenvalue weighted by Gasteiger charge is 2.12. The lowest BCUT2D eigenvalue weighted by Gasteiger charge is -2.29. The number of likely N-dealkylation sites (tertiary alicyclic amines) is 1. The molecule has 1 N–H and O–H groups in total. The molecule has 1 unspecified atom stereocenters. The number of hydrogen-bond donors (Lipinski definition) is 1. The summed E-state index contributed by atoms with van der Waals surface area (Å²) in [5.41, 5.74) is 1.29. The normalized spacial score (nSPS) is 17.9. The van der Waals surface area contributed by atoms with Crippen LogP contribution in [0.1, 0.15) is 31.7 Å². The van der Waals surface area contributed by atoms with E-state index in [-0.39, 0.29) is 0 Å². The van der Waals surface area contributed by atoms with Crippen LogP contribution >= 0.6 is 0 Å². The zero-order chi connectivity index (χ0) is 14.2. The molecule has 0 aromatic heterocycles. The maximum Gasteiger partial charge on any atom is 0.119 e. The van der Waals surface area contributed by atoms with Crippen LogP contribution in [0.4, 0.5) is 0 Å². The monoisotopic (exact) mass is 276 g/mol. The summed E-state index contributed by atoms with van der Waals surface area (Å²) in [7, 11) is 1.72. The van der Waals surface area contributed by atoms with Gasteiger partial charge in [0.1, 0.15) is 5.75 Å². The fraction of sp³-hybridized carbons (Fsp3) is 0.647. The predicted octanol–water partition coefficient (Wildman–Crippen LogP) is 2.91.